The summed E-state index contributed by atoms with van der Waals surface area (Å²) in [7, 11) is 0. The van der Waals surface area contributed by atoms with Gasteiger partial charge in [0.05, 0.1) is 34.5 Å². The molecule has 2 saturated heterocycles. The average molecular weight is 746 g/mol. The lowest BCUT2D eigenvalue weighted by Gasteiger charge is -2.50. The molecule has 6 unspecified atom stereocenters. The monoisotopic (exact) mass is 745 g/mol. The molecule has 14 heteroatoms. The first-order chi connectivity index (χ1) is 25.3. The normalized spacial score (nSPS) is 26.6. The number of benzene rings is 4. The molecule has 1 saturated carbocycles. The fourth-order valence-corrected chi connectivity index (χ4v) is 8.92. The van der Waals surface area contributed by atoms with Gasteiger partial charge in [-0.3, -0.25) is 29.5 Å². The maximum Gasteiger partial charge on any atom is 0.573 e. The Morgan fingerprint density at radius 2 is 1.55 bits per heavy atom. The van der Waals surface area contributed by atoms with Gasteiger partial charge in [0.1, 0.15) is 17.3 Å². The topological polar surface area (TPSA) is 116 Å². The van der Waals surface area contributed by atoms with E-state index in [2.05, 4.69) is 10.2 Å². The van der Waals surface area contributed by atoms with Crippen LogP contribution < -0.4 is 15.1 Å². The fourth-order valence-electron chi connectivity index (χ4n) is 8.79. The molecule has 3 fully saturated rings. The van der Waals surface area contributed by atoms with Crippen LogP contribution in [0.4, 0.5) is 28.9 Å². The van der Waals surface area contributed by atoms with Gasteiger partial charge in [-0.2, -0.15) is 5.01 Å². The van der Waals surface area contributed by atoms with E-state index in [4.69, 9.17) is 11.6 Å². The summed E-state index contributed by atoms with van der Waals surface area (Å²) in [5.74, 6) is -9.57. The van der Waals surface area contributed by atoms with Crippen LogP contribution in [0.25, 0.3) is 0 Å². The van der Waals surface area contributed by atoms with E-state index in [0.29, 0.717) is 16.3 Å². The number of ether oxygens (including phenoxy) is 1. The first kappa shape index (κ1) is 34.4. The summed E-state index contributed by atoms with van der Waals surface area (Å²) in [6, 6.07) is 22.2. The minimum atomic E-state index is -5.11. The number of fused-ring (bicyclic) bond motifs is 4. The van der Waals surface area contributed by atoms with Gasteiger partial charge in [-0.05, 0) is 91.1 Å². The number of hydrogen-bond donors (Lipinski definition) is 2. The van der Waals surface area contributed by atoms with Crippen LogP contribution in [0.15, 0.2) is 109 Å². The number of allylic oxidation sites excluding steroid dienone is 2. The van der Waals surface area contributed by atoms with E-state index in [1.54, 1.807) is 36.4 Å². The SMILES string of the molecule is O=C1C2CC3C(=CCC4C(=O)N(c5ccccc5)C(=O)C43)C(c3cc(OC(F)(F)F)ccc3O)C2(c2ccc(Cl)cc2)C(=O)N1Nc1ccc(F)cc1. The largest absolute Gasteiger partial charge is 0.573 e. The van der Waals surface area contributed by atoms with Gasteiger partial charge in [-0.25, -0.2) is 4.39 Å². The highest BCUT2D eigenvalue weighted by Gasteiger charge is 2.70. The summed E-state index contributed by atoms with van der Waals surface area (Å²) in [6.45, 7) is 0. The van der Waals surface area contributed by atoms with E-state index in [1.165, 1.54) is 36.4 Å². The standard InChI is InChI=1S/C39H28ClF4N3O6/c40-21-8-6-20(7-9-21)38-30(35(50)47(37(38)52)45-23-12-10-22(41)11-13-23)19-28-26(33(38)29-18-25(14-17-31(29)48)53-39(42,43)44)15-16-27-32(28)36(51)46(34(27)49)24-4-2-1-3-5-24/h1-15,17-18,27-28,30,32-33,45,48H,16,19H2. The Labute approximate surface area is 304 Å². The average Bonchev–Trinajstić information content (AvgIpc) is 3.51. The van der Waals surface area contributed by atoms with Crippen molar-refractivity contribution in [3.05, 3.63) is 131 Å². The van der Waals surface area contributed by atoms with Crippen LogP contribution in [0.1, 0.15) is 29.9 Å². The molecule has 4 aromatic rings. The highest BCUT2D eigenvalue weighted by atomic mass is 35.5. The lowest BCUT2D eigenvalue weighted by molar-refractivity contribution is -0.274. The minimum absolute atomic E-state index is 0.0431. The number of phenols is 1. The molecule has 4 aromatic carbocycles. The van der Waals surface area contributed by atoms with E-state index in [-0.39, 0.29) is 29.7 Å². The van der Waals surface area contributed by atoms with Crippen molar-refractivity contribution in [3.8, 4) is 11.5 Å². The molecule has 2 aliphatic carbocycles. The number of carbonyl (C=O) groups excluding carboxylic acids is 4. The Balaban J connectivity index is 1.35. The van der Waals surface area contributed by atoms with Crippen molar-refractivity contribution in [1.29, 1.82) is 0 Å². The number of halogens is 5. The number of para-hydroxylation sites is 1. The second-order valence-electron chi connectivity index (χ2n) is 13.5. The Bertz CT molecular complexity index is 2200. The Morgan fingerprint density at radius 3 is 2.23 bits per heavy atom. The number of rotatable bonds is 6. The highest BCUT2D eigenvalue weighted by molar-refractivity contribution is 6.30. The molecule has 2 heterocycles. The number of nitrogens with zero attached hydrogens (tertiary/aromatic N) is 2. The van der Waals surface area contributed by atoms with Gasteiger partial charge in [0, 0.05) is 16.5 Å². The van der Waals surface area contributed by atoms with Gasteiger partial charge >= 0.3 is 6.36 Å². The summed E-state index contributed by atoms with van der Waals surface area (Å²) in [5.41, 5.74) is 1.91. The molecule has 2 aliphatic heterocycles. The second-order valence-corrected chi connectivity index (χ2v) is 13.9. The van der Waals surface area contributed by atoms with E-state index in [9.17, 15) is 37.1 Å². The van der Waals surface area contributed by atoms with Crippen molar-refractivity contribution in [2.45, 2.75) is 30.5 Å². The zero-order chi connectivity index (χ0) is 37.4. The van der Waals surface area contributed by atoms with Crippen molar-refractivity contribution in [2.75, 3.05) is 10.3 Å². The van der Waals surface area contributed by atoms with Crippen LogP contribution >= 0.6 is 11.6 Å². The predicted octanol–water partition coefficient (Wildman–Crippen LogP) is 7.27. The molecule has 4 amide bonds. The van der Waals surface area contributed by atoms with Crippen molar-refractivity contribution in [2.24, 2.45) is 23.7 Å². The summed E-state index contributed by atoms with van der Waals surface area (Å²) >= 11 is 6.28. The third-order valence-electron chi connectivity index (χ3n) is 10.8. The van der Waals surface area contributed by atoms with Crippen molar-refractivity contribution >= 4 is 46.6 Å². The van der Waals surface area contributed by atoms with Gasteiger partial charge in [0.2, 0.25) is 11.8 Å². The number of alkyl halides is 3. The van der Waals surface area contributed by atoms with Crippen molar-refractivity contribution in [1.82, 2.24) is 5.01 Å². The number of aromatic hydroxyl groups is 1. The number of phenolic OH excluding ortho intramolecular Hbond substituents is 1. The molecular formula is C39H28ClF4N3O6. The second kappa shape index (κ2) is 12.5. The van der Waals surface area contributed by atoms with Crippen LogP contribution in [0.2, 0.25) is 5.02 Å². The molecule has 6 atom stereocenters. The first-order valence-electron chi connectivity index (χ1n) is 16.7. The smallest absolute Gasteiger partial charge is 0.508 e. The Hall–Kier alpha value is -5.69. The number of anilines is 2. The lowest BCUT2D eigenvalue weighted by Crippen LogP contribution is -2.53. The van der Waals surface area contributed by atoms with Gasteiger partial charge in [-0.15, -0.1) is 13.2 Å². The van der Waals surface area contributed by atoms with Crippen LogP contribution in [-0.4, -0.2) is 40.1 Å². The molecule has 0 spiro atoms. The molecule has 9 nitrogen and oxygen atoms in total. The number of nitrogens with one attached hydrogen (secondary N) is 1. The van der Waals surface area contributed by atoms with Crippen LogP contribution in [-0.2, 0) is 24.6 Å². The summed E-state index contributed by atoms with van der Waals surface area (Å²) in [4.78, 5) is 59.2. The number of hydrogen-bond acceptors (Lipinski definition) is 7. The molecule has 0 radical (unpaired) electrons. The summed E-state index contributed by atoms with van der Waals surface area (Å²) in [6.07, 6.45) is -3.47. The van der Waals surface area contributed by atoms with E-state index < -0.39 is 82.3 Å². The van der Waals surface area contributed by atoms with Crippen LogP contribution in [0, 0.1) is 29.5 Å². The van der Waals surface area contributed by atoms with E-state index >= 15 is 4.79 Å². The number of carbonyl (C=O) groups is 4. The van der Waals surface area contributed by atoms with Crippen molar-refractivity contribution in [3.63, 3.8) is 0 Å². The van der Waals surface area contributed by atoms with Crippen LogP contribution in [0.3, 0.4) is 0 Å². The highest BCUT2D eigenvalue weighted by Crippen LogP contribution is 2.65. The zero-order valence-electron chi connectivity index (χ0n) is 27.4. The number of amides is 4. The molecular weight excluding hydrogens is 718 g/mol. The summed E-state index contributed by atoms with van der Waals surface area (Å²) < 4.78 is 58.8. The first-order valence-corrected chi connectivity index (χ1v) is 17.1. The number of imide groups is 2. The van der Waals surface area contributed by atoms with Gasteiger partial charge in [-0.1, -0.05) is 53.6 Å². The molecule has 0 bridgehead atoms. The molecule has 2 N–H and O–H groups in total. The lowest BCUT2D eigenvalue weighted by atomic mass is 9.49. The quantitative estimate of drug-likeness (QED) is 0.121. The third-order valence-corrected chi connectivity index (χ3v) is 11.1. The predicted molar refractivity (Wildman–Crippen MR) is 183 cm³/mol. The molecule has 0 aromatic heterocycles. The molecule has 53 heavy (non-hydrogen) atoms. The zero-order valence-corrected chi connectivity index (χ0v) is 28.1. The van der Waals surface area contributed by atoms with E-state index in [0.717, 1.165) is 40.2 Å². The number of hydrazine groups is 1. The van der Waals surface area contributed by atoms with Gasteiger partial charge < -0.3 is 9.84 Å². The Kier molecular flexibility index (Phi) is 8.09. The molecule has 8 rings (SSSR count). The third kappa shape index (κ3) is 5.44. The fraction of sp³-hybridized carbons (Fsp3) is 0.231. The van der Waals surface area contributed by atoms with Gasteiger partial charge in [0.15, 0.2) is 0 Å². The van der Waals surface area contributed by atoms with Gasteiger partial charge in [0.25, 0.3) is 11.8 Å². The maximum atomic E-state index is 15.2. The maximum absolute atomic E-state index is 15.2. The summed E-state index contributed by atoms with van der Waals surface area (Å²) in [5, 5.41) is 12.6. The van der Waals surface area contributed by atoms with Crippen LogP contribution in [0.5, 0.6) is 11.5 Å². The molecule has 270 valence electrons. The minimum Gasteiger partial charge on any atom is -0.508 e. The van der Waals surface area contributed by atoms with E-state index in [1.807, 2.05) is 0 Å². The van der Waals surface area contributed by atoms with Crippen molar-refractivity contribution < 1.29 is 46.6 Å². The Morgan fingerprint density at radius 1 is 0.849 bits per heavy atom. The molecule has 4 aliphatic rings.